The van der Waals surface area contributed by atoms with Crippen LogP contribution in [0.4, 0.5) is 5.13 Å². The van der Waals surface area contributed by atoms with Crippen molar-refractivity contribution in [3.8, 4) is 22.8 Å². The van der Waals surface area contributed by atoms with Gasteiger partial charge in [0, 0.05) is 16.5 Å². The van der Waals surface area contributed by atoms with Gasteiger partial charge in [-0.1, -0.05) is 19.4 Å². The van der Waals surface area contributed by atoms with E-state index >= 15 is 0 Å². The van der Waals surface area contributed by atoms with E-state index in [1.54, 1.807) is 12.1 Å². The number of carbonyl (C=O) groups is 1. The summed E-state index contributed by atoms with van der Waals surface area (Å²) in [5.41, 5.74) is 2.35. The van der Waals surface area contributed by atoms with Gasteiger partial charge in [-0.25, -0.2) is 4.98 Å². The minimum Gasteiger partial charge on any atom is -0.494 e. The number of carbonyl (C=O) groups excluding carboxylic acids is 1. The summed E-state index contributed by atoms with van der Waals surface area (Å²) >= 11 is 1.40. The quantitative estimate of drug-likeness (QED) is 0.476. The third-order valence-corrected chi connectivity index (χ3v) is 4.81. The van der Waals surface area contributed by atoms with Gasteiger partial charge in [-0.3, -0.25) is 10.1 Å². The molecule has 1 heterocycles. The number of rotatable bonds is 9. The van der Waals surface area contributed by atoms with Gasteiger partial charge in [0.2, 0.25) is 0 Å². The van der Waals surface area contributed by atoms with Crippen LogP contribution in [0.5, 0.6) is 11.5 Å². The first-order valence-corrected chi connectivity index (χ1v) is 10.3. The van der Waals surface area contributed by atoms with E-state index in [-0.39, 0.29) is 5.91 Å². The molecule has 0 unspecified atom stereocenters. The summed E-state index contributed by atoms with van der Waals surface area (Å²) < 4.78 is 11.1. The van der Waals surface area contributed by atoms with E-state index < -0.39 is 0 Å². The molecule has 1 N–H and O–H groups in total. The first-order chi connectivity index (χ1) is 13.7. The number of thiazole rings is 1. The average Bonchev–Trinajstić information content (AvgIpc) is 3.18. The fourth-order valence-corrected chi connectivity index (χ4v) is 3.30. The summed E-state index contributed by atoms with van der Waals surface area (Å²) in [6.07, 6.45) is 2.06. The Bertz CT molecular complexity index is 906. The summed E-state index contributed by atoms with van der Waals surface area (Å²) in [5, 5.41) is 5.35. The largest absolute Gasteiger partial charge is 0.494 e. The molecule has 3 rings (SSSR count). The molecule has 1 aromatic heterocycles. The lowest BCUT2D eigenvalue weighted by molar-refractivity contribution is 0.102. The third-order valence-electron chi connectivity index (χ3n) is 4.05. The van der Waals surface area contributed by atoms with Crippen molar-refractivity contribution in [2.75, 3.05) is 18.5 Å². The highest BCUT2D eigenvalue weighted by Crippen LogP contribution is 2.27. The van der Waals surface area contributed by atoms with Gasteiger partial charge in [-0.2, -0.15) is 0 Å². The van der Waals surface area contributed by atoms with Gasteiger partial charge in [0.05, 0.1) is 18.9 Å². The summed E-state index contributed by atoms with van der Waals surface area (Å²) in [6, 6.07) is 15.0. The second-order valence-electron chi connectivity index (χ2n) is 6.18. The molecule has 5 nitrogen and oxygen atoms in total. The zero-order valence-corrected chi connectivity index (χ0v) is 16.9. The number of amides is 1. The molecule has 0 aliphatic rings. The van der Waals surface area contributed by atoms with Crippen molar-refractivity contribution in [2.24, 2.45) is 0 Å². The zero-order valence-electron chi connectivity index (χ0n) is 16.1. The molecule has 6 heteroatoms. The van der Waals surface area contributed by atoms with Crippen LogP contribution < -0.4 is 14.8 Å². The average molecular weight is 397 g/mol. The predicted octanol–water partition coefficient (Wildman–Crippen LogP) is 5.64. The molecule has 0 saturated carbocycles. The number of hydrogen-bond donors (Lipinski definition) is 1. The van der Waals surface area contributed by atoms with E-state index in [0.29, 0.717) is 29.7 Å². The van der Waals surface area contributed by atoms with Crippen LogP contribution in [-0.4, -0.2) is 24.1 Å². The number of nitrogens with zero attached hydrogens (tertiary/aromatic N) is 1. The molecule has 0 fully saturated rings. The van der Waals surface area contributed by atoms with Crippen molar-refractivity contribution in [1.29, 1.82) is 0 Å². The van der Waals surface area contributed by atoms with Crippen LogP contribution in [0.3, 0.4) is 0 Å². The van der Waals surface area contributed by atoms with Crippen LogP contribution in [0, 0.1) is 0 Å². The van der Waals surface area contributed by atoms with Crippen LogP contribution in [0.25, 0.3) is 11.3 Å². The van der Waals surface area contributed by atoms with E-state index in [0.717, 1.165) is 29.8 Å². The smallest absolute Gasteiger partial charge is 0.257 e. The van der Waals surface area contributed by atoms with Crippen LogP contribution in [0.15, 0.2) is 53.9 Å². The van der Waals surface area contributed by atoms with Gasteiger partial charge in [-0.15, -0.1) is 11.3 Å². The number of hydrogen-bond acceptors (Lipinski definition) is 5. The molecule has 0 saturated heterocycles. The fourth-order valence-electron chi connectivity index (χ4n) is 2.58. The number of nitrogens with one attached hydrogen (secondary N) is 1. The zero-order chi connectivity index (χ0) is 19.8. The Kier molecular flexibility index (Phi) is 7.03. The van der Waals surface area contributed by atoms with Crippen molar-refractivity contribution in [3.63, 3.8) is 0 Å². The summed E-state index contributed by atoms with van der Waals surface area (Å²) in [5.74, 6) is 1.33. The first-order valence-electron chi connectivity index (χ1n) is 9.42. The third kappa shape index (κ3) is 5.33. The molecule has 0 radical (unpaired) electrons. The number of aromatic nitrogens is 1. The second kappa shape index (κ2) is 9.90. The Morgan fingerprint density at radius 3 is 2.64 bits per heavy atom. The lowest BCUT2D eigenvalue weighted by atomic mass is 10.2. The lowest BCUT2D eigenvalue weighted by Crippen LogP contribution is -2.11. The van der Waals surface area contributed by atoms with Crippen molar-refractivity contribution < 1.29 is 14.3 Å². The van der Waals surface area contributed by atoms with Crippen molar-refractivity contribution in [3.05, 3.63) is 59.5 Å². The molecule has 0 spiro atoms. The summed E-state index contributed by atoms with van der Waals surface area (Å²) in [7, 11) is 0. The van der Waals surface area contributed by atoms with Crippen LogP contribution >= 0.6 is 11.3 Å². The van der Waals surface area contributed by atoms with Crippen molar-refractivity contribution in [2.45, 2.75) is 26.7 Å². The maximum Gasteiger partial charge on any atom is 0.257 e. The number of anilines is 1. The summed E-state index contributed by atoms with van der Waals surface area (Å²) in [4.78, 5) is 17.1. The van der Waals surface area contributed by atoms with E-state index in [1.807, 2.05) is 48.7 Å². The monoisotopic (exact) mass is 396 g/mol. The standard InChI is InChI=1S/C22H24N2O3S/c1-3-5-13-27-19-8-6-7-17(14-19)21(25)24-22-23-20(15-28-22)16-9-11-18(12-10-16)26-4-2/h6-12,14-15H,3-5,13H2,1-2H3,(H,23,24,25). The molecule has 0 aliphatic carbocycles. The lowest BCUT2D eigenvalue weighted by Gasteiger charge is -2.07. The topological polar surface area (TPSA) is 60.5 Å². The van der Waals surface area contributed by atoms with Crippen molar-refractivity contribution >= 4 is 22.4 Å². The molecule has 28 heavy (non-hydrogen) atoms. The maximum atomic E-state index is 12.5. The second-order valence-corrected chi connectivity index (χ2v) is 7.04. The molecular formula is C22H24N2O3S. The number of unbranched alkanes of at least 4 members (excludes halogenated alkanes) is 1. The normalized spacial score (nSPS) is 10.5. The molecule has 0 bridgehead atoms. The highest BCUT2D eigenvalue weighted by molar-refractivity contribution is 7.14. The molecule has 1 amide bonds. The SMILES string of the molecule is CCCCOc1cccc(C(=O)Nc2nc(-c3ccc(OCC)cc3)cs2)c1. The highest BCUT2D eigenvalue weighted by Gasteiger charge is 2.11. The van der Waals surface area contributed by atoms with Crippen LogP contribution in [0.1, 0.15) is 37.0 Å². The molecule has 146 valence electrons. The molecule has 0 aliphatic heterocycles. The van der Waals surface area contributed by atoms with Gasteiger partial charge in [0.15, 0.2) is 5.13 Å². The highest BCUT2D eigenvalue weighted by atomic mass is 32.1. The molecule has 0 atom stereocenters. The Morgan fingerprint density at radius 2 is 1.89 bits per heavy atom. The Labute approximate surface area is 169 Å². The van der Waals surface area contributed by atoms with Gasteiger partial charge >= 0.3 is 0 Å². The van der Waals surface area contributed by atoms with Gasteiger partial charge in [-0.05, 0) is 55.8 Å². The minimum atomic E-state index is -0.200. The molecular weight excluding hydrogens is 372 g/mol. The van der Waals surface area contributed by atoms with E-state index in [1.165, 1.54) is 11.3 Å². The van der Waals surface area contributed by atoms with E-state index in [4.69, 9.17) is 9.47 Å². The van der Waals surface area contributed by atoms with Gasteiger partial charge in [0.1, 0.15) is 11.5 Å². The Morgan fingerprint density at radius 1 is 1.07 bits per heavy atom. The number of ether oxygens (including phenoxy) is 2. The first kappa shape index (κ1) is 19.9. The van der Waals surface area contributed by atoms with E-state index in [2.05, 4.69) is 17.2 Å². The van der Waals surface area contributed by atoms with Crippen LogP contribution in [0.2, 0.25) is 0 Å². The minimum absolute atomic E-state index is 0.200. The van der Waals surface area contributed by atoms with Gasteiger partial charge in [0.25, 0.3) is 5.91 Å². The number of benzene rings is 2. The molecule has 2 aromatic carbocycles. The molecule has 3 aromatic rings. The van der Waals surface area contributed by atoms with Crippen LogP contribution in [-0.2, 0) is 0 Å². The van der Waals surface area contributed by atoms with E-state index in [9.17, 15) is 4.79 Å². The Hall–Kier alpha value is -2.86. The maximum absolute atomic E-state index is 12.5. The fraction of sp³-hybridized carbons (Fsp3) is 0.273. The van der Waals surface area contributed by atoms with Crippen molar-refractivity contribution in [1.82, 2.24) is 4.98 Å². The van der Waals surface area contributed by atoms with Gasteiger partial charge < -0.3 is 9.47 Å². The summed E-state index contributed by atoms with van der Waals surface area (Å²) in [6.45, 7) is 5.36. The Balaban J connectivity index is 1.64. The predicted molar refractivity (Wildman–Crippen MR) is 114 cm³/mol.